The molecule has 3 N–H and O–H groups in total. The molecule has 1 aromatic carbocycles. The molecule has 0 aliphatic carbocycles. The number of imide groups is 1. The molecule has 0 aliphatic rings. The molecule has 0 fully saturated rings. The van der Waals surface area contributed by atoms with Gasteiger partial charge in [-0.05, 0) is 39.3 Å². The Kier molecular flexibility index (Phi) is 6.38. The summed E-state index contributed by atoms with van der Waals surface area (Å²) in [5.74, 6) is -0.285. The van der Waals surface area contributed by atoms with E-state index in [2.05, 4.69) is 26.1 Å². The molecular weight excluding hydrogens is 358 g/mol. The standard InChI is InChI=1S/C16H21N5O2S2/c1-10-7-5-6-8-11(10)17-14-20-21-15(25-14)24-9-12(22)18-13(23)19-16(2,3)4/h5-8H,9H2,1-4H3,(H,17,20)(H2,18,19,22,23). The summed E-state index contributed by atoms with van der Waals surface area (Å²) < 4.78 is 0.655. The lowest BCUT2D eigenvalue weighted by molar-refractivity contribution is -0.117. The topological polar surface area (TPSA) is 96.0 Å². The zero-order chi connectivity index (χ0) is 18.4. The van der Waals surface area contributed by atoms with E-state index in [4.69, 9.17) is 0 Å². The van der Waals surface area contributed by atoms with E-state index in [0.717, 1.165) is 11.3 Å². The van der Waals surface area contributed by atoms with Crippen LogP contribution in [0.15, 0.2) is 28.6 Å². The number of anilines is 2. The molecule has 0 spiro atoms. The number of urea groups is 1. The molecule has 0 saturated carbocycles. The maximum Gasteiger partial charge on any atom is 0.321 e. The molecular formula is C16H21N5O2S2. The highest BCUT2D eigenvalue weighted by atomic mass is 32.2. The highest BCUT2D eigenvalue weighted by molar-refractivity contribution is 8.01. The number of nitrogens with one attached hydrogen (secondary N) is 3. The van der Waals surface area contributed by atoms with Crippen LogP contribution in [0.1, 0.15) is 26.3 Å². The summed E-state index contributed by atoms with van der Waals surface area (Å²) in [5.41, 5.74) is 1.68. The van der Waals surface area contributed by atoms with Crippen LogP contribution >= 0.6 is 23.1 Å². The minimum atomic E-state index is -0.503. The molecule has 134 valence electrons. The first-order valence-corrected chi connectivity index (χ1v) is 9.44. The van der Waals surface area contributed by atoms with E-state index >= 15 is 0 Å². The summed E-state index contributed by atoms with van der Waals surface area (Å²) >= 11 is 2.59. The van der Waals surface area contributed by atoms with Crippen molar-refractivity contribution in [2.45, 2.75) is 37.6 Å². The minimum absolute atomic E-state index is 0.0938. The average Bonchev–Trinajstić information content (AvgIpc) is 2.93. The lowest BCUT2D eigenvalue weighted by Gasteiger charge is -2.20. The zero-order valence-electron chi connectivity index (χ0n) is 14.5. The molecule has 2 rings (SSSR count). The fourth-order valence-electron chi connectivity index (χ4n) is 1.81. The molecule has 3 amide bonds. The van der Waals surface area contributed by atoms with Gasteiger partial charge in [0.15, 0.2) is 4.34 Å². The van der Waals surface area contributed by atoms with Gasteiger partial charge in [0.1, 0.15) is 0 Å². The van der Waals surface area contributed by atoms with Gasteiger partial charge in [0.25, 0.3) is 0 Å². The first-order chi connectivity index (χ1) is 11.7. The van der Waals surface area contributed by atoms with Crippen molar-refractivity contribution in [3.8, 4) is 0 Å². The van der Waals surface area contributed by atoms with Crippen molar-refractivity contribution in [2.75, 3.05) is 11.1 Å². The predicted octanol–water partition coefficient (Wildman–Crippen LogP) is 3.31. The number of hydrogen-bond donors (Lipinski definition) is 3. The average molecular weight is 380 g/mol. The van der Waals surface area contributed by atoms with Crippen LogP contribution in [0.3, 0.4) is 0 Å². The number of amides is 3. The quantitative estimate of drug-likeness (QED) is 0.690. The number of rotatable bonds is 5. The Bertz CT molecular complexity index is 755. The van der Waals surface area contributed by atoms with Crippen LogP contribution in [-0.4, -0.2) is 33.4 Å². The number of aryl methyl sites for hydroxylation is 1. The Morgan fingerprint density at radius 2 is 1.92 bits per heavy atom. The number of hydrogen-bond acceptors (Lipinski definition) is 7. The molecule has 0 unspecified atom stereocenters. The first-order valence-electron chi connectivity index (χ1n) is 7.64. The van der Waals surface area contributed by atoms with Crippen LogP contribution in [0.2, 0.25) is 0 Å². The lowest BCUT2D eigenvalue weighted by atomic mass is 10.1. The van der Waals surface area contributed by atoms with E-state index in [0.29, 0.717) is 9.47 Å². The summed E-state index contributed by atoms with van der Waals surface area (Å²) in [7, 11) is 0. The van der Waals surface area contributed by atoms with E-state index < -0.39 is 11.6 Å². The van der Waals surface area contributed by atoms with Gasteiger partial charge in [-0.25, -0.2) is 4.79 Å². The molecule has 0 saturated heterocycles. The van der Waals surface area contributed by atoms with E-state index in [1.807, 2.05) is 52.0 Å². The van der Waals surface area contributed by atoms with Crippen LogP contribution in [-0.2, 0) is 4.79 Å². The molecule has 7 nitrogen and oxygen atoms in total. The third-order valence-electron chi connectivity index (χ3n) is 2.86. The van der Waals surface area contributed by atoms with Crippen molar-refractivity contribution < 1.29 is 9.59 Å². The number of nitrogens with zero attached hydrogens (tertiary/aromatic N) is 2. The minimum Gasteiger partial charge on any atom is -0.333 e. The van der Waals surface area contributed by atoms with Gasteiger partial charge >= 0.3 is 6.03 Å². The van der Waals surface area contributed by atoms with Gasteiger partial charge < -0.3 is 10.6 Å². The Morgan fingerprint density at radius 3 is 2.60 bits per heavy atom. The highest BCUT2D eigenvalue weighted by Gasteiger charge is 2.16. The van der Waals surface area contributed by atoms with Crippen LogP contribution < -0.4 is 16.0 Å². The first kappa shape index (κ1) is 19.2. The van der Waals surface area contributed by atoms with Gasteiger partial charge in [0, 0.05) is 11.2 Å². The second kappa shape index (κ2) is 8.30. The molecule has 1 aromatic heterocycles. The second-order valence-electron chi connectivity index (χ2n) is 6.35. The van der Waals surface area contributed by atoms with Crippen LogP contribution in [0.5, 0.6) is 0 Å². The van der Waals surface area contributed by atoms with Crippen molar-refractivity contribution in [3.05, 3.63) is 29.8 Å². The van der Waals surface area contributed by atoms with Crippen molar-refractivity contribution >= 4 is 45.9 Å². The second-order valence-corrected chi connectivity index (χ2v) is 8.55. The lowest BCUT2D eigenvalue weighted by Crippen LogP contribution is -2.48. The number of carbonyl (C=O) groups is 2. The third-order valence-corrected chi connectivity index (χ3v) is 4.83. The summed E-state index contributed by atoms with van der Waals surface area (Å²) in [6, 6.07) is 7.38. The van der Waals surface area contributed by atoms with Crippen molar-refractivity contribution in [1.82, 2.24) is 20.8 Å². The van der Waals surface area contributed by atoms with Crippen molar-refractivity contribution in [2.24, 2.45) is 0 Å². The zero-order valence-corrected chi connectivity index (χ0v) is 16.2. The van der Waals surface area contributed by atoms with Crippen molar-refractivity contribution in [3.63, 3.8) is 0 Å². The highest BCUT2D eigenvalue weighted by Crippen LogP contribution is 2.28. The summed E-state index contributed by atoms with van der Waals surface area (Å²) in [6.07, 6.45) is 0. The summed E-state index contributed by atoms with van der Waals surface area (Å²) in [4.78, 5) is 23.4. The van der Waals surface area contributed by atoms with Crippen LogP contribution in [0, 0.1) is 6.92 Å². The molecule has 0 bridgehead atoms. The maximum atomic E-state index is 11.8. The summed E-state index contributed by atoms with van der Waals surface area (Å²) in [5, 5.41) is 16.9. The number of thioether (sulfide) groups is 1. The third kappa shape index (κ3) is 6.71. The van der Waals surface area contributed by atoms with Gasteiger partial charge in [0.05, 0.1) is 5.75 Å². The monoisotopic (exact) mass is 379 g/mol. The molecule has 0 atom stereocenters. The number of aromatic nitrogens is 2. The molecule has 2 aromatic rings. The molecule has 9 heteroatoms. The van der Waals surface area contributed by atoms with Gasteiger partial charge in [-0.15, -0.1) is 10.2 Å². The molecule has 0 aliphatic heterocycles. The number of benzene rings is 1. The predicted molar refractivity (Wildman–Crippen MR) is 102 cm³/mol. The van der Waals surface area contributed by atoms with Gasteiger partial charge in [-0.3, -0.25) is 10.1 Å². The Labute approximate surface area is 155 Å². The van der Waals surface area contributed by atoms with E-state index in [-0.39, 0.29) is 11.7 Å². The maximum absolute atomic E-state index is 11.8. The largest absolute Gasteiger partial charge is 0.333 e. The van der Waals surface area contributed by atoms with E-state index in [1.54, 1.807) is 0 Å². The van der Waals surface area contributed by atoms with Gasteiger partial charge in [-0.2, -0.15) is 0 Å². The fraction of sp³-hybridized carbons (Fsp3) is 0.375. The smallest absolute Gasteiger partial charge is 0.321 e. The number of carbonyl (C=O) groups excluding carboxylic acids is 2. The van der Waals surface area contributed by atoms with E-state index in [9.17, 15) is 9.59 Å². The van der Waals surface area contributed by atoms with Crippen LogP contribution in [0.25, 0.3) is 0 Å². The number of para-hydroxylation sites is 1. The van der Waals surface area contributed by atoms with E-state index in [1.165, 1.54) is 23.1 Å². The van der Waals surface area contributed by atoms with Crippen molar-refractivity contribution in [1.29, 1.82) is 0 Å². The molecule has 0 radical (unpaired) electrons. The summed E-state index contributed by atoms with van der Waals surface area (Å²) in [6.45, 7) is 7.54. The Hall–Kier alpha value is -2.13. The SMILES string of the molecule is Cc1ccccc1Nc1nnc(SCC(=O)NC(=O)NC(C)(C)C)s1. The Balaban J connectivity index is 1.82. The molecule has 1 heterocycles. The van der Waals surface area contributed by atoms with Gasteiger partial charge in [0.2, 0.25) is 11.0 Å². The Morgan fingerprint density at radius 1 is 1.20 bits per heavy atom. The van der Waals surface area contributed by atoms with Gasteiger partial charge in [-0.1, -0.05) is 41.3 Å². The molecule has 25 heavy (non-hydrogen) atoms. The van der Waals surface area contributed by atoms with Crippen LogP contribution in [0.4, 0.5) is 15.6 Å². The fourth-order valence-corrected chi connectivity index (χ4v) is 3.37. The normalized spacial score (nSPS) is 11.0.